The van der Waals surface area contributed by atoms with Gasteiger partial charge < -0.3 is 9.47 Å². The highest BCUT2D eigenvalue weighted by atomic mass is 32.2. The molecule has 1 aromatic heterocycles. The zero-order chi connectivity index (χ0) is 24.7. The Hall–Kier alpha value is -1.85. The first-order valence-corrected chi connectivity index (χ1v) is 13.6. The third-order valence-corrected chi connectivity index (χ3v) is 9.98. The number of hydrogen-bond donors (Lipinski definition) is 1. The van der Waals surface area contributed by atoms with Crippen LogP contribution in [-0.2, 0) is 24.9 Å². The van der Waals surface area contributed by atoms with Crippen LogP contribution in [-0.4, -0.2) is 72.6 Å². The molecule has 3 aliphatic rings. The molecule has 0 bridgehead atoms. The molecule has 0 radical (unpaired) electrons. The van der Waals surface area contributed by atoms with Gasteiger partial charge in [-0.3, -0.25) is 4.90 Å². The smallest absolute Gasteiger partial charge is 0.410 e. The molecule has 9 nitrogen and oxygen atoms in total. The van der Waals surface area contributed by atoms with Gasteiger partial charge >= 0.3 is 6.09 Å². The number of methoxy groups -OCH3 is 1. The number of halogens is 1. The number of fused-ring (bicyclic) bond motifs is 1. The molecule has 1 saturated heterocycles. The fourth-order valence-electron chi connectivity index (χ4n) is 5.64. The molecule has 34 heavy (non-hydrogen) atoms. The van der Waals surface area contributed by atoms with Gasteiger partial charge in [-0.05, 0) is 58.3 Å². The van der Waals surface area contributed by atoms with Crippen LogP contribution < -0.4 is 4.72 Å². The van der Waals surface area contributed by atoms with Gasteiger partial charge in [0.1, 0.15) is 5.82 Å². The molecule has 1 aliphatic heterocycles. The topological polar surface area (TPSA) is 111 Å². The molecule has 190 valence electrons. The number of carbonyl (C=O) groups is 1. The highest BCUT2D eigenvalue weighted by Gasteiger charge is 2.60. The second kappa shape index (κ2) is 9.66. The fourth-order valence-corrected chi connectivity index (χ4v) is 6.99. The summed E-state index contributed by atoms with van der Waals surface area (Å²) < 4.78 is 52.8. The molecule has 7 atom stereocenters. The number of ether oxygens (including phenoxy) is 2. The van der Waals surface area contributed by atoms with E-state index in [9.17, 15) is 17.6 Å². The van der Waals surface area contributed by atoms with E-state index in [2.05, 4.69) is 14.7 Å². The molecule has 3 fully saturated rings. The van der Waals surface area contributed by atoms with Gasteiger partial charge in [-0.15, -0.1) is 0 Å². The summed E-state index contributed by atoms with van der Waals surface area (Å²) in [5.74, 6) is 0.655. The first-order valence-electron chi connectivity index (χ1n) is 12.1. The van der Waals surface area contributed by atoms with Crippen molar-refractivity contribution in [2.75, 3.05) is 13.7 Å². The van der Waals surface area contributed by atoms with E-state index in [0.717, 1.165) is 25.7 Å². The molecule has 1 unspecified atom stereocenters. The number of carbonyl (C=O) groups excluding carboxylic acids is 1. The summed E-state index contributed by atoms with van der Waals surface area (Å²) in [4.78, 5) is 22.5. The van der Waals surface area contributed by atoms with Gasteiger partial charge in [-0.2, -0.15) is 0 Å². The van der Waals surface area contributed by atoms with Crippen LogP contribution in [0.5, 0.6) is 0 Å². The Morgan fingerprint density at radius 3 is 2.68 bits per heavy atom. The molecule has 1 amide bonds. The summed E-state index contributed by atoms with van der Waals surface area (Å²) in [5, 5.41) is -0.522. The first-order chi connectivity index (χ1) is 16.1. The van der Waals surface area contributed by atoms with E-state index in [-0.39, 0.29) is 24.2 Å². The number of likely N-dealkylation sites (tertiary alicyclic amines) is 1. The summed E-state index contributed by atoms with van der Waals surface area (Å²) in [6.07, 6.45) is 6.43. The van der Waals surface area contributed by atoms with E-state index in [4.69, 9.17) is 9.47 Å². The maximum atomic E-state index is 13.2. The van der Waals surface area contributed by atoms with E-state index in [1.165, 1.54) is 19.5 Å². The van der Waals surface area contributed by atoms with Crippen molar-refractivity contribution in [3.05, 3.63) is 24.0 Å². The normalized spacial score (nSPS) is 33.9. The van der Waals surface area contributed by atoms with Crippen molar-refractivity contribution in [1.29, 1.82) is 0 Å². The number of nitrogens with one attached hydrogen (secondary N) is 1. The van der Waals surface area contributed by atoms with Crippen molar-refractivity contribution in [2.45, 2.75) is 94.2 Å². The van der Waals surface area contributed by atoms with E-state index in [1.54, 1.807) is 11.8 Å². The van der Waals surface area contributed by atoms with Gasteiger partial charge in [-0.25, -0.2) is 32.3 Å². The maximum absolute atomic E-state index is 13.2. The molecule has 0 spiro atoms. The Morgan fingerprint density at radius 1 is 1.35 bits per heavy atom. The highest BCUT2D eigenvalue weighted by molar-refractivity contribution is 7.90. The molecule has 1 N–H and O–H groups in total. The Labute approximate surface area is 200 Å². The van der Waals surface area contributed by atoms with Crippen LogP contribution in [0.2, 0.25) is 0 Å². The van der Waals surface area contributed by atoms with E-state index >= 15 is 0 Å². The number of nitrogens with zero attached hydrogens (tertiary/aromatic N) is 3. The molecule has 11 heteroatoms. The minimum atomic E-state index is -3.52. The van der Waals surface area contributed by atoms with Crippen molar-refractivity contribution in [1.82, 2.24) is 19.6 Å². The van der Waals surface area contributed by atoms with E-state index in [1.807, 2.05) is 13.8 Å². The van der Waals surface area contributed by atoms with Gasteiger partial charge in [0.05, 0.1) is 43.5 Å². The summed E-state index contributed by atoms with van der Waals surface area (Å²) in [6, 6.07) is -1.07. The first kappa shape index (κ1) is 25.2. The molecule has 4 rings (SSSR count). The Bertz CT molecular complexity index is 994. The van der Waals surface area contributed by atoms with Gasteiger partial charge in [-0.1, -0.05) is 6.92 Å². The quantitative estimate of drug-likeness (QED) is 0.587. The van der Waals surface area contributed by atoms with Crippen LogP contribution in [0, 0.1) is 11.7 Å². The predicted octanol–water partition coefficient (Wildman–Crippen LogP) is 2.76. The zero-order valence-corrected chi connectivity index (χ0v) is 21.1. The molecular weight excluding hydrogens is 463 g/mol. The largest absolute Gasteiger partial charge is 0.453 e. The maximum Gasteiger partial charge on any atom is 0.410 e. The van der Waals surface area contributed by atoms with Gasteiger partial charge in [0.15, 0.2) is 5.82 Å². The van der Waals surface area contributed by atoms with Crippen LogP contribution in [0.15, 0.2) is 12.4 Å². The highest BCUT2D eigenvalue weighted by Crippen LogP contribution is 2.61. The second-order valence-electron chi connectivity index (χ2n) is 10.0. The average molecular weight is 499 g/mol. The van der Waals surface area contributed by atoms with Gasteiger partial charge in [0, 0.05) is 17.5 Å². The van der Waals surface area contributed by atoms with Crippen molar-refractivity contribution in [3.8, 4) is 0 Å². The Kier molecular flexibility index (Phi) is 7.17. The van der Waals surface area contributed by atoms with E-state index < -0.39 is 39.3 Å². The van der Waals surface area contributed by atoms with Crippen molar-refractivity contribution >= 4 is 16.1 Å². The Morgan fingerprint density at radius 2 is 2.06 bits per heavy atom. The second-order valence-corrected chi connectivity index (χ2v) is 12.2. The fraction of sp³-hybridized carbons (Fsp3) is 0.783. The summed E-state index contributed by atoms with van der Waals surface area (Å²) in [5.41, 5.74) is -0.0814. The lowest BCUT2D eigenvalue weighted by Gasteiger charge is -2.33. The van der Waals surface area contributed by atoms with Gasteiger partial charge in [0.2, 0.25) is 10.0 Å². The third-order valence-electron chi connectivity index (χ3n) is 7.96. The lowest BCUT2D eigenvalue weighted by atomic mass is 9.86. The number of aromatic nitrogens is 2. The zero-order valence-electron chi connectivity index (χ0n) is 20.2. The molecule has 1 aromatic rings. The molecule has 2 heterocycles. The van der Waals surface area contributed by atoms with Crippen LogP contribution >= 0.6 is 0 Å². The standard InChI is InChI=1S/C23H35FN4O5S/c1-5-15(3)34(30,31)27-19-8-14(2)28(22(29)32-4)20(19)13-33-18-6-7-23(10-16(23)9-18)21-25-11-17(24)12-26-21/h11-12,14-16,18-20,27H,5-10,13H2,1-4H3/t14-,15?,16-,18+,19+,20+,23-/m1/s1. The third kappa shape index (κ3) is 4.79. The molecule has 2 aliphatic carbocycles. The lowest BCUT2D eigenvalue weighted by Crippen LogP contribution is -2.51. The molecule has 0 aromatic carbocycles. The number of rotatable bonds is 8. The lowest BCUT2D eigenvalue weighted by molar-refractivity contribution is -0.0103. The van der Waals surface area contributed by atoms with Crippen LogP contribution in [0.3, 0.4) is 0 Å². The van der Waals surface area contributed by atoms with Gasteiger partial charge in [0.25, 0.3) is 0 Å². The van der Waals surface area contributed by atoms with Crippen molar-refractivity contribution in [2.24, 2.45) is 5.92 Å². The number of sulfonamides is 1. The van der Waals surface area contributed by atoms with Crippen molar-refractivity contribution in [3.63, 3.8) is 0 Å². The SMILES string of the molecule is CCC(C)S(=O)(=O)N[C@H]1C[C@@H](C)N(C(=O)OC)[C@H]1CO[C@H]1CC[C@@]2(c3ncc(F)cn3)C[C@H]2C1. The minimum Gasteiger partial charge on any atom is -0.453 e. The molecule has 2 saturated carbocycles. The van der Waals surface area contributed by atoms with Crippen LogP contribution in [0.1, 0.15) is 65.1 Å². The number of hydrogen-bond acceptors (Lipinski definition) is 7. The monoisotopic (exact) mass is 498 g/mol. The molecular formula is C23H35FN4O5S. The summed E-state index contributed by atoms with van der Waals surface area (Å²) in [6.45, 7) is 5.63. The van der Waals surface area contributed by atoms with Crippen molar-refractivity contribution < 1.29 is 27.1 Å². The van der Waals surface area contributed by atoms with E-state index in [0.29, 0.717) is 24.6 Å². The summed E-state index contributed by atoms with van der Waals surface area (Å²) >= 11 is 0. The van der Waals surface area contributed by atoms with Crippen LogP contribution in [0.25, 0.3) is 0 Å². The minimum absolute atomic E-state index is 0.00305. The predicted molar refractivity (Wildman–Crippen MR) is 123 cm³/mol. The Balaban J connectivity index is 1.41. The summed E-state index contributed by atoms with van der Waals surface area (Å²) in [7, 11) is -2.19. The number of amides is 1. The average Bonchev–Trinajstić information content (AvgIpc) is 3.47. The van der Waals surface area contributed by atoms with Crippen LogP contribution in [0.4, 0.5) is 9.18 Å².